The minimum atomic E-state index is -0.652. The van der Waals surface area contributed by atoms with Gasteiger partial charge in [-0.05, 0) is 25.1 Å². The van der Waals surface area contributed by atoms with Crippen LogP contribution in [0.25, 0.3) is 0 Å². The van der Waals surface area contributed by atoms with E-state index >= 15 is 0 Å². The van der Waals surface area contributed by atoms with Crippen molar-refractivity contribution in [1.82, 2.24) is 5.32 Å². The second kappa shape index (κ2) is 4.37. The van der Waals surface area contributed by atoms with Gasteiger partial charge in [0.15, 0.2) is 5.79 Å². The molecule has 2 atom stereocenters. The van der Waals surface area contributed by atoms with Crippen molar-refractivity contribution in [1.29, 1.82) is 0 Å². The second-order valence-electron chi connectivity index (χ2n) is 4.62. The van der Waals surface area contributed by atoms with Gasteiger partial charge in [-0.2, -0.15) is 0 Å². The quantitative estimate of drug-likeness (QED) is 0.807. The van der Waals surface area contributed by atoms with E-state index in [9.17, 15) is 4.39 Å². The number of hydrogen-bond acceptors (Lipinski definition) is 3. The number of ether oxygens (including phenoxy) is 2. The molecule has 3 rings (SSSR count). The van der Waals surface area contributed by atoms with Crippen molar-refractivity contribution in [3.8, 4) is 0 Å². The van der Waals surface area contributed by atoms with E-state index in [1.54, 1.807) is 12.1 Å². The summed E-state index contributed by atoms with van der Waals surface area (Å²) in [7, 11) is 0. The molecule has 1 N–H and O–H groups in total. The maximum absolute atomic E-state index is 12.9. The molecule has 1 aromatic rings. The van der Waals surface area contributed by atoms with Crippen molar-refractivity contribution in [2.24, 2.45) is 0 Å². The van der Waals surface area contributed by atoms with Crippen LogP contribution < -0.4 is 5.32 Å². The van der Waals surface area contributed by atoms with Gasteiger partial charge in [-0.1, -0.05) is 12.1 Å². The summed E-state index contributed by atoms with van der Waals surface area (Å²) >= 11 is 0. The molecule has 2 saturated heterocycles. The molecule has 92 valence electrons. The number of nitrogens with one attached hydrogen (secondary N) is 1. The average Bonchev–Trinajstić information content (AvgIpc) is 2.74. The van der Waals surface area contributed by atoms with E-state index in [1.165, 1.54) is 12.1 Å². The molecule has 2 bridgehead atoms. The molecule has 0 saturated carbocycles. The van der Waals surface area contributed by atoms with E-state index in [1.807, 2.05) is 0 Å². The van der Waals surface area contributed by atoms with E-state index in [2.05, 4.69) is 5.32 Å². The summed E-state index contributed by atoms with van der Waals surface area (Å²) in [5, 5.41) is 3.33. The van der Waals surface area contributed by atoms with Gasteiger partial charge in [0, 0.05) is 18.5 Å². The Kier molecular flexibility index (Phi) is 2.86. The molecule has 1 aromatic carbocycles. The molecule has 0 spiro atoms. The summed E-state index contributed by atoms with van der Waals surface area (Å²) in [4.78, 5) is 0. The van der Waals surface area contributed by atoms with Gasteiger partial charge in [0.25, 0.3) is 0 Å². The molecule has 0 aromatic heterocycles. The van der Waals surface area contributed by atoms with Gasteiger partial charge in [-0.15, -0.1) is 0 Å². The Labute approximate surface area is 99.9 Å². The summed E-state index contributed by atoms with van der Waals surface area (Å²) in [5.41, 5.74) is 0.920. The lowest BCUT2D eigenvalue weighted by Crippen LogP contribution is -2.36. The zero-order valence-corrected chi connectivity index (χ0v) is 9.62. The summed E-state index contributed by atoms with van der Waals surface area (Å²) in [6.07, 6.45) is 1.90. The molecule has 3 nitrogen and oxygen atoms in total. The minimum absolute atomic E-state index is 0.0975. The van der Waals surface area contributed by atoms with E-state index in [0.717, 1.165) is 31.5 Å². The number of benzene rings is 1. The fourth-order valence-electron chi connectivity index (χ4n) is 2.51. The molecule has 17 heavy (non-hydrogen) atoms. The zero-order valence-electron chi connectivity index (χ0n) is 9.62. The Morgan fingerprint density at radius 2 is 2.12 bits per heavy atom. The van der Waals surface area contributed by atoms with E-state index in [4.69, 9.17) is 9.47 Å². The van der Waals surface area contributed by atoms with Crippen molar-refractivity contribution in [3.05, 3.63) is 35.6 Å². The molecule has 0 amide bonds. The lowest BCUT2D eigenvalue weighted by Gasteiger charge is -2.30. The molecular weight excluding hydrogens is 221 g/mol. The minimum Gasteiger partial charge on any atom is -0.343 e. The van der Waals surface area contributed by atoms with Crippen LogP contribution in [0.3, 0.4) is 0 Å². The summed E-state index contributed by atoms with van der Waals surface area (Å²) in [6.45, 7) is 2.40. The van der Waals surface area contributed by atoms with Gasteiger partial charge in [0.2, 0.25) is 0 Å². The lowest BCUT2D eigenvalue weighted by atomic mass is 10.00. The van der Waals surface area contributed by atoms with Gasteiger partial charge >= 0.3 is 0 Å². The van der Waals surface area contributed by atoms with Crippen molar-refractivity contribution in [2.75, 3.05) is 19.7 Å². The smallest absolute Gasteiger partial charge is 0.195 e. The van der Waals surface area contributed by atoms with Crippen LogP contribution in [0.1, 0.15) is 18.4 Å². The summed E-state index contributed by atoms with van der Waals surface area (Å²) < 4.78 is 24.8. The van der Waals surface area contributed by atoms with E-state index in [-0.39, 0.29) is 11.9 Å². The molecule has 2 fully saturated rings. The van der Waals surface area contributed by atoms with Gasteiger partial charge in [-0.3, -0.25) is 0 Å². The molecular formula is C13H16FNO2. The highest BCUT2D eigenvalue weighted by Crippen LogP contribution is 2.38. The first-order chi connectivity index (χ1) is 8.28. The van der Waals surface area contributed by atoms with Crippen LogP contribution in [-0.2, 0) is 15.3 Å². The number of fused-ring (bicyclic) bond motifs is 2. The molecule has 2 aliphatic rings. The van der Waals surface area contributed by atoms with Crippen LogP contribution in [0.5, 0.6) is 0 Å². The van der Waals surface area contributed by atoms with Crippen LogP contribution in [-0.4, -0.2) is 25.8 Å². The third-order valence-corrected chi connectivity index (χ3v) is 3.37. The molecule has 0 aliphatic carbocycles. The first kappa shape index (κ1) is 11.1. The van der Waals surface area contributed by atoms with Crippen LogP contribution in [0.15, 0.2) is 24.3 Å². The van der Waals surface area contributed by atoms with Crippen molar-refractivity contribution in [2.45, 2.75) is 24.7 Å². The molecule has 0 unspecified atom stereocenters. The Bertz CT molecular complexity index is 395. The predicted molar refractivity (Wildman–Crippen MR) is 61.0 cm³/mol. The van der Waals surface area contributed by atoms with Gasteiger partial charge in [0.1, 0.15) is 5.82 Å². The largest absolute Gasteiger partial charge is 0.343 e. The highest BCUT2D eigenvalue weighted by atomic mass is 19.1. The fraction of sp³-hybridized carbons (Fsp3) is 0.538. The first-order valence-electron chi connectivity index (χ1n) is 6.07. The van der Waals surface area contributed by atoms with Crippen LogP contribution in [0, 0.1) is 5.82 Å². The standard InChI is InChI=1S/C13H16FNO2/c14-11-4-2-10(3-5-11)13-6-1-7-15-8-12(17-13)9-16-13/h2-5,12,15H,1,6-9H2/t12-,13+/m0/s1. The number of hydrogen-bond donors (Lipinski definition) is 1. The van der Waals surface area contributed by atoms with Gasteiger partial charge in [-0.25, -0.2) is 4.39 Å². The maximum Gasteiger partial charge on any atom is 0.195 e. The molecule has 2 aliphatic heterocycles. The van der Waals surface area contributed by atoms with E-state index < -0.39 is 5.79 Å². The second-order valence-corrected chi connectivity index (χ2v) is 4.62. The third-order valence-electron chi connectivity index (χ3n) is 3.37. The van der Waals surface area contributed by atoms with Gasteiger partial charge < -0.3 is 14.8 Å². The lowest BCUT2D eigenvalue weighted by molar-refractivity contribution is -0.184. The Morgan fingerprint density at radius 1 is 1.29 bits per heavy atom. The monoisotopic (exact) mass is 237 g/mol. The fourth-order valence-corrected chi connectivity index (χ4v) is 2.51. The normalized spacial score (nSPS) is 33.1. The van der Waals surface area contributed by atoms with Crippen molar-refractivity contribution < 1.29 is 13.9 Å². The van der Waals surface area contributed by atoms with Crippen LogP contribution in [0.4, 0.5) is 4.39 Å². The summed E-state index contributed by atoms with van der Waals surface area (Å²) in [5.74, 6) is -0.882. The Morgan fingerprint density at radius 3 is 2.94 bits per heavy atom. The van der Waals surface area contributed by atoms with Gasteiger partial charge in [0.05, 0.1) is 12.7 Å². The topological polar surface area (TPSA) is 30.5 Å². The predicted octanol–water partition coefficient (Wildman–Crippen LogP) is 1.78. The molecule has 4 heteroatoms. The van der Waals surface area contributed by atoms with Crippen LogP contribution >= 0.6 is 0 Å². The van der Waals surface area contributed by atoms with Crippen LogP contribution in [0.2, 0.25) is 0 Å². The first-order valence-corrected chi connectivity index (χ1v) is 6.07. The Balaban J connectivity index is 1.90. The highest BCUT2D eigenvalue weighted by Gasteiger charge is 2.43. The molecule has 0 radical (unpaired) electrons. The maximum atomic E-state index is 12.9. The zero-order chi connectivity index (χ0) is 11.7. The van der Waals surface area contributed by atoms with Crippen molar-refractivity contribution >= 4 is 0 Å². The van der Waals surface area contributed by atoms with E-state index in [0.29, 0.717) is 6.61 Å². The summed E-state index contributed by atoms with van der Waals surface area (Å²) in [6, 6.07) is 6.43. The average molecular weight is 237 g/mol. The highest BCUT2D eigenvalue weighted by molar-refractivity contribution is 5.22. The third kappa shape index (κ3) is 2.08. The number of rotatable bonds is 1. The van der Waals surface area contributed by atoms with Crippen molar-refractivity contribution in [3.63, 3.8) is 0 Å². The Hall–Kier alpha value is -0.970. The molecule has 2 heterocycles. The number of halogens is 1. The SMILES string of the molecule is Fc1ccc([C@]23CCCNC[C@@H](CO2)O3)cc1.